The van der Waals surface area contributed by atoms with Gasteiger partial charge < -0.3 is 11.1 Å². The molecular weight excluding hydrogens is 280 g/mol. The Labute approximate surface area is 120 Å². The maximum Gasteiger partial charge on any atom is 0.251 e. The van der Waals surface area contributed by atoms with Crippen molar-refractivity contribution in [2.24, 2.45) is 5.73 Å². The van der Waals surface area contributed by atoms with Crippen LogP contribution >= 0.6 is 12.2 Å². The van der Waals surface area contributed by atoms with Gasteiger partial charge in [0.25, 0.3) is 5.91 Å². The van der Waals surface area contributed by atoms with Gasteiger partial charge in [0.15, 0.2) is 0 Å². The predicted molar refractivity (Wildman–Crippen MR) is 80.7 cm³/mol. The van der Waals surface area contributed by atoms with Crippen molar-refractivity contribution in [3.05, 3.63) is 35.4 Å². The lowest BCUT2D eigenvalue weighted by Gasteiger charge is -2.22. The quantitative estimate of drug-likeness (QED) is 0.815. The minimum Gasteiger partial charge on any atom is -0.389 e. The lowest BCUT2D eigenvalue weighted by atomic mass is 10.1. The first kappa shape index (κ1) is 14.1. The summed E-state index contributed by atoms with van der Waals surface area (Å²) in [4.78, 5) is 12.3. The number of hydrogen-bond acceptors (Lipinski definition) is 3. The van der Waals surface area contributed by atoms with Gasteiger partial charge in [-0.1, -0.05) is 24.4 Å². The highest BCUT2D eigenvalue weighted by Gasteiger charge is 2.19. The molecule has 1 amide bonds. The number of benzene rings is 1. The number of hydrogen-bond donors (Lipinski definition) is 2. The van der Waals surface area contributed by atoms with E-state index in [2.05, 4.69) is 5.32 Å². The van der Waals surface area contributed by atoms with Crippen LogP contribution in [0.4, 0.5) is 0 Å². The maximum absolute atomic E-state index is 12.0. The van der Waals surface area contributed by atoms with Crippen molar-refractivity contribution in [1.82, 2.24) is 5.32 Å². The first-order valence-electron chi connectivity index (χ1n) is 6.12. The van der Waals surface area contributed by atoms with E-state index >= 15 is 0 Å². The van der Waals surface area contributed by atoms with Gasteiger partial charge >= 0.3 is 0 Å². The Morgan fingerprint density at radius 1 is 1.21 bits per heavy atom. The summed E-state index contributed by atoms with van der Waals surface area (Å²) in [7, 11) is -0.708. The summed E-state index contributed by atoms with van der Waals surface area (Å²) in [5.41, 5.74) is 6.84. The molecule has 102 valence electrons. The molecule has 0 aliphatic carbocycles. The average Bonchev–Trinajstić information content (AvgIpc) is 2.41. The number of carbonyl (C=O) groups excluding carboxylic acids is 1. The molecule has 1 aromatic carbocycles. The third-order valence-corrected chi connectivity index (χ3v) is 4.77. The normalized spacial score (nSPS) is 22.7. The number of nitrogens with one attached hydrogen (secondary N) is 1. The molecule has 1 aliphatic heterocycles. The lowest BCUT2D eigenvalue weighted by Crippen LogP contribution is -2.39. The summed E-state index contributed by atoms with van der Waals surface area (Å²) in [6.45, 7) is 0. The number of rotatable bonds is 3. The van der Waals surface area contributed by atoms with Crippen LogP contribution in [-0.4, -0.2) is 32.7 Å². The van der Waals surface area contributed by atoms with E-state index in [1.54, 1.807) is 24.3 Å². The molecule has 1 aromatic rings. The van der Waals surface area contributed by atoms with Gasteiger partial charge in [0.05, 0.1) is 0 Å². The summed E-state index contributed by atoms with van der Waals surface area (Å²) >= 11 is 4.86. The molecule has 0 radical (unpaired) electrons. The van der Waals surface area contributed by atoms with Crippen LogP contribution in [-0.2, 0) is 10.8 Å². The Kier molecular flexibility index (Phi) is 4.66. The first-order chi connectivity index (χ1) is 9.06. The van der Waals surface area contributed by atoms with Gasteiger partial charge in [-0.25, -0.2) is 0 Å². The van der Waals surface area contributed by atoms with Crippen LogP contribution in [0.25, 0.3) is 0 Å². The molecular formula is C13H16N2O2S2. The summed E-state index contributed by atoms with van der Waals surface area (Å²) in [6, 6.07) is 7.04. The van der Waals surface area contributed by atoms with Crippen molar-refractivity contribution in [2.75, 3.05) is 11.5 Å². The Bertz CT molecular complexity index is 504. The van der Waals surface area contributed by atoms with Crippen LogP contribution in [0.2, 0.25) is 0 Å². The van der Waals surface area contributed by atoms with Crippen LogP contribution in [0.1, 0.15) is 28.8 Å². The zero-order valence-corrected chi connectivity index (χ0v) is 12.1. The minimum atomic E-state index is -0.708. The number of amides is 1. The van der Waals surface area contributed by atoms with Crippen LogP contribution in [0.5, 0.6) is 0 Å². The Hall–Kier alpha value is -1.27. The van der Waals surface area contributed by atoms with Crippen LogP contribution in [0, 0.1) is 0 Å². The minimum absolute atomic E-state index is 0.104. The van der Waals surface area contributed by atoms with E-state index in [-0.39, 0.29) is 11.9 Å². The van der Waals surface area contributed by atoms with Gasteiger partial charge in [-0.3, -0.25) is 9.00 Å². The van der Waals surface area contributed by atoms with Gasteiger partial charge in [0, 0.05) is 39.5 Å². The summed E-state index contributed by atoms with van der Waals surface area (Å²) in [5.74, 6) is 1.24. The molecule has 1 saturated heterocycles. The lowest BCUT2D eigenvalue weighted by molar-refractivity contribution is 0.0934. The highest BCUT2D eigenvalue weighted by atomic mass is 32.2. The van der Waals surface area contributed by atoms with Crippen molar-refractivity contribution < 1.29 is 9.00 Å². The van der Waals surface area contributed by atoms with Gasteiger partial charge in [-0.2, -0.15) is 0 Å². The van der Waals surface area contributed by atoms with E-state index in [0.717, 1.165) is 18.4 Å². The van der Waals surface area contributed by atoms with Crippen molar-refractivity contribution in [3.63, 3.8) is 0 Å². The fourth-order valence-corrected chi connectivity index (χ4v) is 3.43. The zero-order valence-electron chi connectivity index (χ0n) is 10.4. The molecule has 1 fully saturated rings. The number of carbonyl (C=O) groups is 1. The molecule has 1 heterocycles. The molecule has 3 N–H and O–H groups in total. The average molecular weight is 296 g/mol. The maximum atomic E-state index is 12.0. The van der Waals surface area contributed by atoms with E-state index in [1.807, 2.05) is 0 Å². The standard InChI is InChI=1S/C13H16N2O2S2/c14-12(18)9-1-3-10(4-2-9)13(16)15-11-5-7-19(17)8-6-11/h1-4,11H,5-8H2,(H2,14,18)(H,15,16). The Morgan fingerprint density at radius 3 is 2.26 bits per heavy atom. The number of thiocarbonyl (C=S) groups is 1. The largest absolute Gasteiger partial charge is 0.389 e. The fourth-order valence-electron chi connectivity index (χ4n) is 1.99. The van der Waals surface area contributed by atoms with E-state index in [4.69, 9.17) is 18.0 Å². The van der Waals surface area contributed by atoms with Gasteiger partial charge in [-0.15, -0.1) is 0 Å². The SMILES string of the molecule is NC(=S)c1ccc(C(=O)NC2CCS(=O)CC2)cc1. The second kappa shape index (κ2) is 6.25. The summed E-state index contributed by atoms with van der Waals surface area (Å²) in [5, 5.41) is 2.97. The van der Waals surface area contributed by atoms with E-state index in [9.17, 15) is 9.00 Å². The molecule has 0 unspecified atom stereocenters. The van der Waals surface area contributed by atoms with Crippen molar-refractivity contribution in [2.45, 2.75) is 18.9 Å². The molecule has 19 heavy (non-hydrogen) atoms. The monoisotopic (exact) mass is 296 g/mol. The molecule has 0 atom stereocenters. The van der Waals surface area contributed by atoms with E-state index in [0.29, 0.717) is 22.1 Å². The van der Waals surface area contributed by atoms with Crippen LogP contribution in [0.15, 0.2) is 24.3 Å². The van der Waals surface area contributed by atoms with Crippen molar-refractivity contribution >= 4 is 33.9 Å². The van der Waals surface area contributed by atoms with Gasteiger partial charge in [0.1, 0.15) is 4.99 Å². The first-order valence-corrected chi connectivity index (χ1v) is 8.01. The topological polar surface area (TPSA) is 72.2 Å². The molecule has 0 saturated carbocycles. The second-order valence-electron chi connectivity index (χ2n) is 4.54. The molecule has 6 heteroatoms. The fraction of sp³-hybridized carbons (Fsp3) is 0.385. The molecule has 0 spiro atoms. The molecule has 0 bridgehead atoms. The van der Waals surface area contributed by atoms with Crippen molar-refractivity contribution in [1.29, 1.82) is 0 Å². The molecule has 1 aliphatic rings. The third-order valence-electron chi connectivity index (χ3n) is 3.15. The highest BCUT2D eigenvalue weighted by Crippen LogP contribution is 2.11. The summed E-state index contributed by atoms with van der Waals surface area (Å²) < 4.78 is 11.2. The second-order valence-corrected chi connectivity index (χ2v) is 6.67. The smallest absolute Gasteiger partial charge is 0.251 e. The molecule has 4 nitrogen and oxygen atoms in total. The molecule has 0 aromatic heterocycles. The highest BCUT2D eigenvalue weighted by molar-refractivity contribution is 7.85. The Balaban J connectivity index is 1.96. The number of nitrogens with two attached hydrogens (primary N) is 1. The van der Waals surface area contributed by atoms with E-state index in [1.165, 1.54) is 0 Å². The van der Waals surface area contributed by atoms with E-state index < -0.39 is 10.8 Å². The molecule has 2 rings (SSSR count). The predicted octanol–water partition coefficient (Wildman–Crippen LogP) is 0.962. The van der Waals surface area contributed by atoms with Gasteiger partial charge in [0.2, 0.25) is 0 Å². The van der Waals surface area contributed by atoms with Crippen molar-refractivity contribution in [3.8, 4) is 0 Å². The third kappa shape index (κ3) is 3.84. The van der Waals surface area contributed by atoms with Gasteiger partial charge in [-0.05, 0) is 25.0 Å². The zero-order chi connectivity index (χ0) is 13.8. The van der Waals surface area contributed by atoms with Crippen LogP contribution in [0.3, 0.4) is 0 Å². The van der Waals surface area contributed by atoms with Crippen LogP contribution < -0.4 is 11.1 Å². The summed E-state index contributed by atoms with van der Waals surface area (Å²) in [6.07, 6.45) is 1.56. The Morgan fingerprint density at radius 2 is 1.74 bits per heavy atom.